The van der Waals surface area contributed by atoms with Crippen LogP contribution in [0.4, 0.5) is 5.13 Å². The Morgan fingerprint density at radius 2 is 2.12 bits per heavy atom. The van der Waals surface area contributed by atoms with Crippen molar-refractivity contribution in [1.29, 1.82) is 0 Å². The average molecular weight is 363 g/mol. The van der Waals surface area contributed by atoms with Gasteiger partial charge in [-0.05, 0) is 48.9 Å². The van der Waals surface area contributed by atoms with Gasteiger partial charge in [0.15, 0.2) is 11.7 Å². The number of aromatic nitrogens is 1. The van der Waals surface area contributed by atoms with Gasteiger partial charge in [0.25, 0.3) is 5.91 Å². The van der Waals surface area contributed by atoms with Crippen LogP contribution in [0, 0.1) is 6.92 Å². The van der Waals surface area contributed by atoms with Gasteiger partial charge in [-0.15, -0.1) is 0 Å². The molecule has 0 saturated carbocycles. The summed E-state index contributed by atoms with van der Waals surface area (Å²) in [6, 6.07) is 10.8. The molecule has 5 nitrogen and oxygen atoms in total. The van der Waals surface area contributed by atoms with Crippen molar-refractivity contribution in [3.63, 3.8) is 0 Å². The average Bonchev–Trinajstić information content (AvgIpc) is 2.95. The summed E-state index contributed by atoms with van der Waals surface area (Å²) in [7, 11) is 1.61. The van der Waals surface area contributed by atoms with Crippen LogP contribution >= 0.6 is 22.9 Å². The molecule has 0 atom stereocenters. The molecule has 0 aliphatic rings. The molecule has 0 unspecified atom stereocenters. The minimum absolute atomic E-state index is 0.0955. The zero-order chi connectivity index (χ0) is 17.1. The van der Waals surface area contributed by atoms with Crippen LogP contribution in [0.5, 0.6) is 11.5 Å². The second kappa shape index (κ2) is 7.07. The minimum Gasteiger partial charge on any atom is -0.497 e. The number of nitrogens with one attached hydrogen (secondary N) is 1. The van der Waals surface area contributed by atoms with E-state index in [2.05, 4.69) is 10.3 Å². The summed E-state index contributed by atoms with van der Waals surface area (Å²) in [5.74, 6) is 1.12. The van der Waals surface area contributed by atoms with E-state index < -0.39 is 0 Å². The molecule has 0 bridgehead atoms. The van der Waals surface area contributed by atoms with Gasteiger partial charge in [-0.3, -0.25) is 10.1 Å². The molecule has 1 N–H and O–H groups in total. The van der Waals surface area contributed by atoms with E-state index >= 15 is 0 Å². The van der Waals surface area contributed by atoms with Crippen LogP contribution < -0.4 is 14.8 Å². The first-order valence-corrected chi connectivity index (χ1v) is 8.38. The van der Waals surface area contributed by atoms with Crippen LogP contribution in [-0.4, -0.2) is 24.6 Å². The van der Waals surface area contributed by atoms with Crippen molar-refractivity contribution in [3.05, 3.63) is 47.0 Å². The van der Waals surface area contributed by atoms with Crippen molar-refractivity contribution in [2.45, 2.75) is 6.92 Å². The number of thiazole rings is 1. The van der Waals surface area contributed by atoms with Crippen molar-refractivity contribution in [2.24, 2.45) is 0 Å². The van der Waals surface area contributed by atoms with Gasteiger partial charge in [0.1, 0.15) is 11.5 Å². The first-order valence-electron chi connectivity index (χ1n) is 7.18. The minimum atomic E-state index is -0.268. The smallest absolute Gasteiger partial charge is 0.264 e. The number of anilines is 1. The number of hydrogen-bond donors (Lipinski definition) is 1. The fourth-order valence-corrected chi connectivity index (χ4v) is 3.30. The fraction of sp³-hybridized carbons (Fsp3) is 0.176. The second-order valence-corrected chi connectivity index (χ2v) is 6.57. The monoisotopic (exact) mass is 362 g/mol. The first-order chi connectivity index (χ1) is 11.5. The number of ether oxygens (including phenoxy) is 2. The molecule has 24 heavy (non-hydrogen) atoms. The Morgan fingerprint density at radius 3 is 2.88 bits per heavy atom. The van der Waals surface area contributed by atoms with Crippen LogP contribution in [0.2, 0.25) is 5.02 Å². The van der Waals surface area contributed by atoms with Crippen molar-refractivity contribution in [3.8, 4) is 11.5 Å². The quantitative estimate of drug-likeness (QED) is 0.735. The lowest BCUT2D eigenvalue weighted by molar-refractivity contribution is -0.118. The lowest BCUT2D eigenvalue weighted by atomic mass is 10.2. The highest BCUT2D eigenvalue weighted by atomic mass is 35.5. The molecule has 0 radical (unpaired) electrons. The Balaban J connectivity index is 1.64. The normalized spacial score (nSPS) is 10.6. The predicted molar refractivity (Wildman–Crippen MR) is 96.5 cm³/mol. The van der Waals surface area contributed by atoms with E-state index in [1.807, 2.05) is 25.1 Å². The fourth-order valence-electron chi connectivity index (χ4n) is 2.16. The zero-order valence-corrected chi connectivity index (χ0v) is 14.7. The molecular formula is C17H15ClN2O3S. The first kappa shape index (κ1) is 16.5. The van der Waals surface area contributed by atoms with Gasteiger partial charge in [0.05, 0.1) is 17.3 Å². The summed E-state index contributed by atoms with van der Waals surface area (Å²) in [6.07, 6.45) is 0. The number of amides is 1. The summed E-state index contributed by atoms with van der Waals surface area (Å²) < 4.78 is 11.6. The van der Waals surface area contributed by atoms with Crippen molar-refractivity contribution in [1.82, 2.24) is 4.98 Å². The summed E-state index contributed by atoms with van der Waals surface area (Å²) in [4.78, 5) is 16.4. The lowest BCUT2D eigenvalue weighted by Crippen LogP contribution is -2.20. The van der Waals surface area contributed by atoms with Crippen LogP contribution in [0.3, 0.4) is 0 Å². The molecule has 2 aromatic carbocycles. The molecule has 1 heterocycles. The molecule has 0 aliphatic carbocycles. The van der Waals surface area contributed by atoms with Gasteiger partial charge in [0, 0.05) is 5.02 Å². The number of carbonyl (C=O) groups is 1. The summed E-state index contributed by atoms with van der Waals surface area (Å²) in [5, 5.41) is 3.91. The maximum absolute atomic E-state index is 12.0. The molecule has 0 saturated heterocycles. The number of methoxy groups -OCH3 is 1. The highest BCUT2D eigenvalue weighted by molar-refractivity contribution is 7.22. The molecule has 0 spiro atoms. The molecule has 3 aromatic rings. The van der Waals surface area contributed by atoms with Gasteiger partial charge in [-0.1, -0.05) is 22.9 Å². The SMILES string of the molecule is COc1ccc2nc(NC(=O)COc3ccc(Cl)cc3C)sc2c1. The maximum atomic E-state index is 12.0. The molecule has 7 heteroatoms. The third-order valence-corrected chi connectivity index (χ3v) is 4.51. The van der Waals surface area contributed by atoms with E-state index in [0.29, 0.717) is 15.9 Å². The molecular weight excluding hydrogens is 348 g/mol. The van der Waals surface area contributed by atoms with E-state index in [0.717, 1.165) is 21.5 Å². The van der Waals surface area contributed by atoms with Crippen molar-refractivity contribution >= 4 is 44.2 Å². The highest BCUT2D eigenvalue weighted by Crippen LogP contribution is 2.29. The van der Waals surface area contributed by atoms with Gasteiger partial charge in [-0.25, -0.2) is 4.98 Å². The Labute approximate surface area is 148 Å². The highest BCUT2D eigenvalue weighted by Gasteiger charge is 2.10. The molecule has 0 fully saturated rings. The number of nitrogens with zero attached hydrogens (tertiary/aromatic N) is 1. The van der Waals surface area contributed by atoms with Gasteiger partial charge >= 0.3 is 0 Å². The molecule has 3 rings (SSSR count). The summed E-state index contributed by atoms with van der Waals surface area (Å²) in [6.45, 7) is 1.78. The van der Waals surface area contributed by atoms with Crippen molar-refractivity contribution in [2.75, 3.05) is 19.0 Å². The second-order valence-electron chi connectivity index (χ2n) is 5.10. The van der Waals surface area contributed by atoms with Crippen LogP contribution in [-0.2, 0) is 4.79 Å². The van der Waals surface area contributed by atoms with E-state index in [9.17, 15) is 4.79 Å². The number of carbonyl (C=O) groups excluding carboxylic acids is 1. The van der Waals surface area contributed by atoms with E-state index in [4.69, 9.17) is 21.1 Å². The standard InChI is InChI=1S/C17H15ClN2O3S/c1-10-7-11(18)3-6-14(10)23-9-16(21)20-17-19-13-5-4-12(22-2)8-15(13)24-17/h3-8H,9H2,1-2H3,(H,19,20,21). The zero-order valence-electron chi connectivity index (χ0n) is 13.1. The predicted octanol–water partition coefficient (Wildman–Crippen LogP) is 4.28. The Kier molecular flexibility index (Phi) is 4.87. The summed E-state index contributed by atoms with van der Waals surface area (Å²) >= 11 is 7.28. The Hall–Kier alpha value is -2.31. The Bertz CT molecular complexity index is 895. The number of hydrogen-bond acceptors (Lipinski definition) is 5. The molecule has 1 aromatic heterocycles. The van der Waals surface area contributed by atoms with Gasteiger partial charge in [-0.2, -0.15) is 0 Å². The number of rotatable bonds is 5. The van der Waals surface area contributed by atoms with Crippen LogP contribution in [0.25, 0.3) is 10.2 Å². The number of fused-ring (bicyclic) bond motifs is 1. The topological polar surface area (TPSA) is 60.5 Å². The summed E-state index contributed by atoms with van der Waals surface area (Å²) in [5.41, 5.74) is 1.69. The van der Waals surface area contributed by atoms with Crippen LogP contribution in [0.1, 0.15) is 5.56 Å². The largest absolute Gasteiger partial charge is 0.497 e. The number of halogens is 1. The van der Waals surface area contributed by atoms with Crippen LogP contribution in [0.15, 0.2) is 36.4 Å². The maximum Gasteiger partial charge on any atom is 0.264 e. The molecule has 1 amide bonds. The van der Waals surface area contributed by atoms with Gasteiger partial charge < -0.3 is 9.47 Å². The van der Waals surface area contributed by atoms with E-state index in [-0.39, 0.29) is 12.5 Å². The number of benzene rings is 2. The lowest BCUT2D eigenvalue weighted by Gasteiger charge is -2.08. The Morgan fingerprint density at radius 1 is 1.29 bits per heavy atom. The number of aryl methyl sites for hydroxylation is 1. The van der Waals surface area contributed by atoms with Crippen molar-refractivity contribution < 1.29 is 14.3 Å². The van der Waals surface area contributed by atoms with E-state index in [1.165, 1.54) is 11.3 Å². The third kappa shape index (κ3) is 3.77. The molecule has 124 valence electrons. The van der Waals surface area contributed by atoms with E-state index in [1.54, 1.807) is 25.3 Å². The molecule has 0 aliphatic heterocycles. The third-order valence-electron chi connectivity index (χ3n) is 3.34. The van der Waals surface area contributed by atoms with Gasteiger partial charge in [0.2, 0.25) is 0 Å².